The number of carbonyl (C=O) groups is 1. The standard InChI is InChI=1S/C14H14N4O3/c1-8-5-10(18(20)21)3-4-13(8)17-14(19)11-7-16-9(2)6-12(11)15/h3-7H,1-2H3,(H2,15,16)(H,17,19). The quantitative estimate of drug-likeness (QED) is 0.665. The second-order valence-corrected chi connectivity index (χ2v) is 4.62. The van der Waals surface area contributed by atoms with E-state index in [0.29, 0.717) is 16.9 Å². The van der Waals surface area contributed by atoms with Crippen molar-refractivity contribution >= 4 is 23.0 Å². The van der Waals surface area contributed by atoms with Crippen LogP contribution in [0.15, 0.2) is 30.5 Å². The molecule has 0 saturated heterocycles. The average molecular weight is 286 g/mol. The van der Waals surface area contributed by atoms with Gasteiger partial charge in [-0.25, -0.2) is 0 Å². The Morgan fingerprint density at radius 2 is 2.05 bits per heavy atom. The second-order valence-electron chi connectivity index (χ2n) is 4.62. The maximum absolute atomic E-state index is 12.2. The second kappa shape index (κ2) is 5.58. The zero-order valence-corrected chi connectivity index (χ0v) is 11.6. The summed E-state index contributed by atoms with van der Waals surface area (Å²) in [6.45, 7) is 3.46. The SMILES string of the molecule is Cc1cc(N)c(C(=O)Nc2ccc([N+](=O)[O-])cc2C)cn1. The molecule has 0 aliphatic heterocycles. The number of hydrogen-bond acceptors (Lipinski definition) is 5. The minimum absolute atomic E-state index is 0.0259. The van der Waals surface area contributed by atoms with E-state index in [4.69, 9.17) is 5.73 Å². The van der Waals surface area contributed by atoms with Crippen LogP contribution in [0.1, 0.15) is 21.6 Å². The van der Waals surface area contributed by atoms with Gasteiger partial charge in [-0.3, -0.25) is 19.9 Å². The smallest absolute Gasteiger partial charge is 0.269 e. The molecule has 0 unspecified atom stereocenters. The van der Waals surface area contributed by atoms with Crippen LogP contribution < -0.4 is 11.1 Å². The number of amides is 1. The third-order valence-corrected chi connectivity index (χ3v) is 2.99. The van der Waals surface area contributed by atoms with Crippen molar-refractivity contribution in [1.82, 2.24) is 4.98 Å². The van der Waals surface area contributed by atoms with Crippen molar-refractivity contribution in [3.63, 3.8) is 0 Å². The zero-order chi connectivity index (χ0) is 15.6. The Morgan fingerprint density at radius 3 is 2.62 bits per heavy atom. The highest BCUT2D eigenvalue weighted by Gasteiger charge is 2.14. The summed E-state index contributed by atoms with van der Waals surface area (Å²) in [5.41, 5.74) is 8.16. The minimum atomic E-state index is -0.486. The number of hydrogen-bond donors (Lipinski definition) is 2. The monoisotopic (exact) mass is 286 g/mol. The first kappa shape index (κ1) is 14.4. The molecule has 0 fully saturated rings. The molecule has 3 N–H and O–H groups in total. The first-order valence-corrected chi connectivity index (χ1v) is 6.17. The largest absolute Gasteiger partial charge is 0.398 e. The van der Waals surface area contributed by atoms with Crippen molar-refractivity contribution < 1.29 is 9.72 Å². The molecule has 1 aromatic heterocycles. The Bertz CT molecular complexity index is 728. The van der Waals surface area contributed by atoms with Crippen LogP contribution in [-0.4, -0.2) is 15.8 Å². The van der Waals surface area contributed by atoms with E-state index in [-0.39, 0.29) is 11.3 Å². The fourth-order valence-electron chi connectivity index (χ4n) is 1.86. The van der Waals surface area contributed by atoms with Gasteiger partial charge in [-0.1, -0.05) is 0 Å². The number of carbonyl (C=O) groups excluding carboxylic acids is 1. The molecule has 0 spiro atoms. The number of nitro groups is 1. The predicted octanol–water partition coefficient (Wildman–Crippen LogP) is 2.44. The summed E-state index contributed by atoms with van der Waals surface area (Å²) in [7, 11) is 0. The van der Waals surface area contributed by atoms with Crippen LogP contribution in [0.5, 0.6) is 0 Å². The number of non-ortho nitro benzene ring substituents is 1. The van der Waals surface area contributed by atoms with E-state index in [1.807, 2.05) is 0 Å². The van der Waals surface area contributed by atoms with Crippen molar-refractivity contribution in [3.8, 4) is 0 Å². The summed E-state index contributed by atoms with van der Waals surface area (Å²) >= 11 is 0. The van der Waals surface area contributed by atoms with Crippen LogP contribution in [-0.2, 0) is 0 Å². The lowest BCUT2D eigenvalue weighted by Crippen LogP contribution is -2.15. The van der Waals surface area contributed by atoms with Crippen LogP contribution in [0.4, 0.5) is 17.1 Å². The van der Waals surface area contributed by atoms with Gasteiger partial charge >= 0.3 is 0 Å². The Kier molecular flexibility index (Phi) is 3.84. The molecule has 0 bridgehead atoms. The number of rotatable bonds is 3. The van der Waals surface area contributed by atoms with Crippen LogP contribution in [0.3, 0.4) is 0 Å². The number of anilines is 2. The lowest BCUT2D eigenvalue weighted by molar-refractivity contribution is -0.384. The molecule has 21 heavy (non-hydrogen) atoms. The lowest BCUT2D eigenvalue weighted by Gasteiger charge is -2.10. The van der Waals surface area contributed by atoms with Crippen LogP contribution in [0, 0.1) is 24.0 Å². The van der Waals surface area contributed by atoms with Gasteiger partial charge in [0.25, 0.3) is 11.6 Å². The van der Waals surface area contributed by atoms with E-state index in [1.54, 1.807) is 19.9 Å². The van der Waals surface area contributed by atoms with Gasteiger partial charge in [0.1, 0.15) is 0 Å². The molecule has 7 heteroatoms. The molecular formula is C14H14N4O3. The Balaban J connectivity index is 2.25. The maximum Gasteiger partial charge on any atom is 0.269 e. The Morgan fingerprint density at radius 1 is 1.33 bits per heavy atom. The summed E-state index contributed by atoms with van der Waals surface area (Å²) in [5.74, 6) is -0.406. The van der Waals surface area contributed by atoms with E-state index in [2.05, 4.69) is 10.3 Å². The molecule has 108 valence electrons. The molecule has 1 amide bonds. The molecule has 2 aromatic rings. The number of nitrogens with zero attached hydrogens (tertiary/aromatic N) is 2. The van der Waals surface area contributed by atoms with Crippen molar-refractivity contribution in [3.05, 3.63) is 57.4 Å². The average Bonchev–Trinajstić information content (AvgIpc) is 2.40. The van der Waals surface area contributed by atoms with E-state index < -0.39 is 10.8 Å². The third-order valence-electron chi connectivity index (χ3n) is 2.99. The van der Waals surface area contributed by atoms with Gasteiger partial charge in [-0.2, -0.15) is 0 Å². The molecule has 7 nitrogen and oxygen atoms in total. The summed E-state index contributed by atoms with van der Waals surface area (Å²) in [5, 5.41) is 13.3. The molecule has 1 heterocycles. The number of nitrogens with one attached hydrogen (secondary N) is 1. The predicted molar refractivity (Wildman–Crippen MR) is 79.2 cm³/mol. The number of pyridine rings is 1. The lowest BCUT2D eigenvalue weighted by atomic mass is 10.1. The number of aryl methyl sites for hydroxylation is 2. The fourth-order valence-corrected chi connectivity index (χ4v) is 1.86. The van der Waals surface area contributed by atoms with Crippen molar-refractivity contribution in [2.45, 2.75) is 13.8 Å². The fraction of sp³-hybridized carbons (Fsp3) is 0.143. The van der Waals surface area contributed by atoms with Crippen LogP contribution in [0.2, 0.25) is 0 Å². The molecule has 1 aromatic carbocycles. The number of nitro benzene ring substituents is 1. The van der Waals surface area contributed by atoms with E-state index in [1.165, 1.54) is 24.4 Å². The van der Waals surface area contributed by atoms with Gasteiger partial charge in [-0.15, -0.1) is 0 Å². The first-order valence-electron chi connectivity index (χ1n) is 6.17. The van der Waals surface area contributed by atoms with E-state index in [9.17, 15) is 14.9 Å². The highest BCUT2D eigenvalue weighted by atomic mass is 16.6. The first-order chi connectivity index (χ1) is 9.88. The molecular weight excluding hydrogens is 272 g/mol. The van der Waals surface area contributed by atoms with Crippen LogP contribution >= 0.6 is 0 Å². The summed E-state index contributed by atoms with van der Waals surface area (Å²) in [6, 6.07) is 5.83. The zero-order valence-electron chi connectivity index (χ0n) is 11.6. The summed E-state index contributed by atoms with van der Waals surface area (Å²) in [6.07, 6.45) is 1.40. The normalized spacial score (nSPS) is 10.2. The highest BCUT2D eigenvalue weighted by molar-refractivity contribution is 6.07. The molecule has 0 saturated carbocycles. The number of aromatic nitrogens is 1. The number of benzene rings is 1. The maximum atomic E-state index is 12.2. The van der Waals surface area contributed by atoms with Crippen molar-refractivity contribution in [2.75, 3.05) is 11.1 Å². The van der Waals surface area contributed by atoms with Gasteiger partial charge in [0, 0.05) is 35.4 Å². The van der Waals surface area contributed by atoms with Gasteiger partial charge in [0.05, 0.1) is 10.5 Å². The Hall–Kier alpha value is -2.96. The van der Waals surface area contributed by atoms with Gasteiger partial charge < -0.3 is 11.1 Å². The van der Waals surface area contributed by atoms with Gasteiger partial charge in [0.15, 0.2) is 0 Å². The number of nitrogens with two attached hydrogens (primary N) is 1. The summed E-state index contributed by atoms with van der Waals surface area (Å²) < 4.78 is 0. The Labute approximate surface area is 121 Å². The third kappa shape index (κ3) is 3.14. The highest BCUT2D eigenvalue weighted by Crippen LogP contribution is 2.22. The molecule has 0 aliphatic carbocycles. The molecule has 0 aliphatic rings. The molecule has 0 radical (unpaired) electrons. The van der Waals surface area contributed by atoms with Crippen LogP contribution in [0.25, 0.3) is 0 Å². The topological polar surface area (TPSA) is 111 Å². The molecule has 2 rings (SSSR count). The van der Waals surface area contributed by atoms with E-state index >= 15 is 0 Å². The van der Waals surface area contributed by atoms with Crippen molar-refractivity contribution in [2.24, 2.45) is 0 Å². The van der Waals surface area contributed by atoms with Gasteiger partial charge in [0.2, 0.25) is 0 Å². The number of nitrogen functional groups attached to an aromatic ring is 1. The van der Waals surface area contributed by atoms with Crippen molar-refractivity contribution in [1.29, 1.82) is 0 Å². The van der Waals surface area contributed by atoms with E-state index in [0.717, 1.165) is 5.69 Å². The summed E-state index contributed by atoms with van der Waals surface area (Å²) in [4.78, 5) is 26.4. The molecule has 0 atom stereocenters. The minimum Gasteiger partial charge on any atom is -0.398 e. The van der Waals surface area contributed by atoms with Gasteiger partial charge in [-0.05, 0) is 31.5 Å².